The molecule has 3 aromatic carbocycles. The van der Waals surface area contributed by atoms with Gasteiger partial charge in [-0.05, 0) is 37.0 Å². The van der Waals surface area contributed by atoms with Gasteiger partial charge in [0.05, 0.1) is 0 Å². The maximum Gasteiger partial charge on any atom is 0.220 e. The minimum Gasteiger partial charge on any atom is -0.508 e. The molecular weight excluding hydrogens is 398 g/mol. The largest absolute Gasteiger partial charge is 0.508 e. The molecule has 0 aromatic heterocycles. The summed E-state index contributed by atoms with van der Waals surface area (Å²) >= 11 is 0. The van der Waals surface area contributed by atoms with Crippen LogP contribution in [0.2, 0.25) is 0 Å². The van der Waals surface area contributed by atoms with Gasteiger partial charge >= 0.3 is 0 Å². The van der Waals surface area contributed by atoms with Crippen LogP contribution < -0.4 is 5.32 Å². The third kappa shape index (κ3) is 5.03. The molecule has 1 fully saturated rings. The number of hydrogen-bond acceptors (Lipinski definition) is 3. The number of hydrogen-bond donors (Lipinski definition) is 2. The molecule has 0 radical (unpaired) electrons. The van der Waals surface area contributed by atoms with Crippen molar-refractivity contribution in [3.8, 4) is 5.75 Å². The summed E-state index contributed by atoms with van der Waals surface area (Å²) in [4.78, 5) is 13.2. The first kappa shape index (κ1) is 22.1. The molecule has 0 spiro atoms. The molecule has 1 aliphatic heterocycles. The van der Waals surface area contributed by atoms with Crippen LogP contribution in [0, 0.1) is 6.92 Å². The third-order valence-electron chi connectivity index (χ3n) is 6.61. The lowest BCUT2D eigenvalue weighted by Gasteiger charge is -2.38. The van der Waals surface area contributed by atoms with Gasteiger partial charge in [0, 0.05) is 43.1 Å². The molecule has 1 aliphatic rings. The number of phenols is 1. The molecule has 1 heterocycles. The normalized spacial score (nSPS) is 16.3. The Hall–Kier alpha value is -3.11. The number of aromatic hydroxyl groups is 1. The fourth-order valence-corrected chi connectivity index (χ4v) is 4.69. The standard InChI is InChI=1S/C28H31NO3/c1-21-12-13-26(30)25(18-21)24(22-8-4-2-5-9-22)19-27(31)29-20-28(14-16-32-17-15-28)23-10-6-3-7-11-23/h2-13,18,24,30H,14-17,19-20H2,1H3,(H,29,31)/t24-/m1/s1. The van der Waals surface area contributed by atoms with E-state index in [1.165, 1.54) is 5.56 Å². The molecule has 4 rings (SSSR count). The smallest absolute Gasteiger partial charge is 0.220 e. The van der Waals surface area contributed by atoms with Gasteiger partial charge in [0.25, 0.3) is 0 Å². The molecule has 0 bridgehead atoms. The molecule has 4 nitrogen and oxygen atoms in total. The zero-order chi connectivity index (χ0) is 22.4. The number of carbonyl (C=O) groups excluding carboxylic acids is 1. The Bertz CT molecular complexity index is 1030. The molecule has 0 aliphatic carbocycles. The van der Waals surface area contributed by atoms with Crippen LogP contribution in [-0.2, 0) is 14.9 Å². The van der Waals surface area contributed by atoms with E-state index in [1.807, 2.05) is 55.5 Å². The van der Waals surface area contributed by atoms with Crippen molar-refractivity contribution in [3.05, 3.63) is 101 Å². The molecule has 3 aromatic rings. The quantitative estimate of drug-likeness (QED) is 0.550. The van der Waals surface area contributed by atoms with E-state index in [9.17, 15) is 9.90 Å². The predicted molar refractivity (Wildman–Crippen MR) is 127 cm³/mol. The van der Waals surface area contributed by atoms with Crippen LogP contribution in [0.15, 0.2) is 78.9 Å². The Morgan fingerprint density at radius 3 is 2.34 bits per heavy atom. The molecule has 1 atom stereocenters. The Labute approximate surface area is 190 Å². The first-order valence-electron chi connectivity index (χ1n) is 11.3. The number of carbonyl (C=O) groups is 1. The van der Waals surface area contributed by atoms with E-state index in [1.54, 1.807) is 6.07 Å². The van der Waals surface area contributed by atoms with Crippen LogP contribution in [0.3, 0.4) is 0 Å². The number of rotatable bonds is 7. The molecule has 1 amide bonds. The van der Waals surface area contributed by atoms with E-state index in [0.29, 0.717) is 19.8 Å². The highest BCUT2D eigenvalue weighted by Crippen LogP contribution is 2.36. The van der Waals surface area contributed by atoms with Crippen molar-refractivity contribution in [2.24, 2.45) is 0 Å². The monoisotopic (exact) mass is 429 g/mol. The number of amides is 1. The Morgan fingerprint density at radius 2 is 1.66 bits per heavy atom. The topological polar surface area (TPSA) is 58.6 Å². The second kappa shape index (κ2) is 10.0. The van der Waals surface area contributed by atoms with Gasteiger partial charge in [0.1, 0.15) is 5.75 Å². The average Bonchev–Trinajstić information content (AvgIpc) is 2.84. The molecule has 32 heavy (non-hydrogen) atoms. The van der Waals surface area contributed by atoms with Crippen molar-refractivity contribution in [3.63, 3.8) is 0 Å². The molecule has 0 unspecified atom stereocenters. The number of ether oxygens (including phenoxy) is 1. The maximum atomic E-state index is 13.2. The molecular formula is C28H31NO3. The SMILES string of the molecule is Cc1ccc(O)c([C@H](CC(=O)NCC2(c3ccccc3)CCOCC2)c2ccccc2)c1. The summed E-state index contributed by atoms with van der Waals surface area (Å²) in [7, 11) is 0. The molecule has 1 saturated heterocycles. The van der Waals surface area contributed by atoms with Gasteiger partial charge in [-0.15, -0.1) is 0 Å². The van der Waals surface area contributed by atoms with Crippen molar-refractivity contribution in [1.82, 2.24) is 5.32 Å². The summed E-state index contributed by atoms with van der Waals surface area (Å²) in [5.74, 6) is 0.00228. The minimum absolute atomic E-state index is 0.0124. The first-order chi connectivity index (χ1) is 15.6. The second-order valence-electron chi connectivity index (χ2n) is 8.77. The van der Waals surface area contributed by atoms with Crippen LogP contribution in [0.5, 0.6) is 5.75 Å². The second-order valence-corrected chi connectivity index (χ2v) is 8.77. The van der Waals surface area contributed by atoms with Gasteiger partial charge in [0.15, 0.2) is 0 Å². The van der Waals surface area contributed by atoms with Crippen LogP contribution in [-0.4, -0.2) is 30.8 Å². The van der Waals surface area contributed by atoms with Gasteiger partial charge in [-0.3, -0.25) is 4.79 Å². The third-order valence-corrected chi connectivity index (χ3v) is 6.61. The van der Waals surface area contributed by atoms with Gasteiger partial charge in [-0.1, -0.05) is 78.4 Å². The summed E-state index contributed by atoms with van der Waals surface area (Å²) in [6, 6.07) is 25.9. The molecule has 166 valence electrons. The van der Waals surface area contributed by atoms with Crippen molar-refractivity contribution >= 4 is 5.91 Å². The summed E-state index contributed by atoms with van der Waals surface area (Å²) < 4.78 is 5.62. The lowest BCUT2D eigenvalue weighted by molar-refractivity contribution is -0.121. The van der Waals surface area contributed by atoms with Crippen LogP contribution in [0.25, 0.3) is 0 Å². The van der Waals surface area contributed by atoms with Crippen LogP contribution >= 0.6 is 0 Å². The van der Waals surface area contributed by atoms with E-state index in [4.69, 9.17) is 4.74 Å². The fourth-order valence-electron chi connectivity index (χ4n) is 4.69. The average molecular weight is 430 g/mol. The van der Waals surface area contributed by atoms with E-state index >= 15 is 0 Å². The first-order valence-corrected chi connectivity index (χ1v) is 11.3. The van der Waals surface area contributed by atoms with E-state index in [2.05, 4.69) is 29.6 Å². The van der Waals surface area contributed by atoms with Crippen LogP contribution in [0.4, 0.5) is 0 Å². The number of phenolic OH excluding ortho intramolecular Hbond substituents is 1. The number of benzene rings is 3. The highest BCUT2D eigenvalue weighted by Gasteiger charge is 2.35. The lowest BCUT2D eigenvalue weighted by atomic mass is 9.74. The lowest BCUT2D eigenvalue weighted by Crippen LogP contribution is -2.44. The zero-order valence-electron chi connectivity index (χ0n) is 18.6. The summed E-state index contributed by atoms with van der Waals surface area (Å²) in [6.45, 7) is 3.99. The van der Waals surface area contributed by atoms with Crippen molar-refractivity contribution in [1.29, 1.82) is 0 Å². The molecule has 0 saturated carbocycles. The van der Waals surface area contributed by atoms with E-state index in [-0.39, 0.29) is 29.4 Å². The van der Waals surface area contributed by atoms with E-state index < -0.39 is 0 Å². The van der Waals surface area contributed by atoms with Gasteiger partial charge in [-0.2, -0.15) is 0 Å². The zero-order valence-corrected chi connectivity index (χ0v) is 18.6. The fraction of sp³-hybridized carbons (Fsp3) is 0.321. The number of nitrogens with one attached hydrogen (secondary N) is 1. The highest BCUT2D eigenvalue weighted by atomic mass is 16.5. The minimum atomic E-state index is -0.210. The summed E-state index contributed by atoms with van der Waals surface area (Å²) in [5.41, 5.74) is 4.01. The van der Waals surface area contributed by atoms with Gasteiger partial charge < -0.3 is 15.2 Å². The Kier molecular flexibility index (Phi) is 6.91. The molecule has 4 heteroatoms. The maximum absolute atomic E-state index is 13.2. The predicted octanol–water partition coefficient (Wildman–Crippen LogP) is 5.09. The Morgan fingerprint density at radius 1 is 1.00 bits per heavy atom. The summed E-state index contributed by atoms with van der Waals surface area (Å²) in [5, 5.41) is 13.8. The molecule has 2 N–H and O–H groups in total. The Balaban J connectivity index is 1.54. The van der Waals surface area contributed by atoms with Crippen LogP contribution in [0.1, 0.15) is 47.4 Å². The van der Waals surface area contributed by atoms with Gasteiger partial charge in [0.2, 0.25) is 5.91 Å². The van der Waals surface area contributed by atoms with E-state index in [0.717, 1.165) is 29.5 Å². The van der Waals surface area contributed by atoms with Crippen molar-refractivity contribution in [2.45, 2.75) is 37.5 Å². The highest BCUT2D eigenvalue weighted by molar-refractivity contribution is 5.78. The van der Waals surface area contributed by atoms with Gasteiger partial charge in [-0.25, -0.2) is 0 Å². The van der Waals surface area contributed by atoms with Crippen molar-refractivity contribution in [2.75, 3.05) is 19.8 Å². The van der Waals surface area contributed by atoms with Crippen molar-refractivity contribution < 1.29 is 14.6 Å². The number of aryl methyl sites for hydroxylation is 1. The summed E-state index contributed by atoms with van der Waals surface area (Å²) in [6.07, 6.45) is 2.05.